The predicted molar refractivity (Wildman–Crippen MR) is 5.75 cm³/mol. The third-order valence-electron chi connectivity index (χ3n) is 0. The normalized spacial score (nSPS) is 0. The Hall–Kier alpha value is 5.10. The zero-order valence-corrected chi connectivity index (χ0v) is 14.6. The fraction of sp³-hybridized carbons (Fsp3) is 0. The molecule has 0 spiro atoms. The molecule has 0 saturated carbocycles. The van der Waals surface area contributed by atoms with Gasteiger partial charge in [0, 0.05) is 157 Å². The topological polar surface area (TPSA) is 0 Å². The fourth-order valence-corrected chi connectivity index (χ4v) is 0. The van der Waals surface area contributed by atoms with E-state index < -0.39 is 0 Å². The second kappa shape index (κ2) is 23.0. The van der Waals surface area contributed by atoms with Gasteiger partial charge in [-0.15, -0.1) is 0 Å². The van der Waals surface area contributed by atoms with Gasteiger partial charge in [0.25, 0.3) is 0 Å². The second-order valence-electron chi connectivity index (χ2n) is 0. The molecule has 0 aliphatic rings. The summed E-state index contributed by atoms with van der Waals surface area (Å²) in [6.45, 7) is 0. The van der Waals surface area contributed by atoms with Crippen molar-refractivity contribution in [1.29, 1.82) is 0 Å². The minimum absolute atomic E-state index is 0. The largest absolute Gasteiger partial charge is 0 e. The van der Waals surface area contributed by atoms with Crippen molar-refractivity contribution in [2.45, 2.75) is 0 Å². The molecule has 0 saturated heterocycles. The molecule has 0 heterocycles. The van der Waals surface area contributed by atoms with Crippen LogP contribution in [-0.4, -0.2) is 51.4 Å². The maximum absolute atomic E-state index is 0. The molecule has 0 aromatic rings. The molecule has 0 fully saturated rings. The Bertz CT molecular complexity index is 11.6. The Balaban J connectivity index is 0. The summed E-state index contributed by atoms with van der Waals surface area (Å²) in [5, 5.41) is 0. The molecule has 0 aliphatic carbocycles. The van der Waals surface area contributed by atoms with Gasteiger partial charge in [0.1, 0.15) is 0 Å². The summed E-state index contributed by atoms with van der Waals surface area (Å²) in [5.74, 6) is 0. The van der Waals surface area contributed by atoms with Gasteiger partial charge in [0.05, 0.1) is 0 Å². The third kappa shape index (κ3) is 17.6. The molecule has 0 N–H and O–H groups in total. The molecule has 0 aromatic heterocycles. The van der Waals surface area contributed by atoms with E-state index in [0.29, 0.717) is 0 Å². The van der Waals surface area contributed by atoms with Gasteiger partial charge in [-0.25, -0.2) is 0 Å². The van der Waals surface area contributed by atoms with Crippen molar-refractivity contribution in [2.24, 2.45) is 0 Å². The zero-order valence-electron chi connectivity index (χ0n) is 2.76. The van der Waals surface area contributed by atoms with Gasteiger partial charge in [0.15, 0.2) is 0 Å². The van der Waals surface area contributed by atoms with Crippen LogP contribution >= 0.6 is 0 Å². The Morgan fingerprint density at radius 3 is 1.00 bits per heavy atom. The summed E-state index contributed by atoms with van der Waals surface area (Å²) in [5.41, 5.74) is 0. The van der Waals surface area contributed by atoms with Gasteiger partial charge >= 0.3 is 0 Å². The summed E-state index contributed by atoms with van der Waals surface area (Å²) in [7, 11) is 0. The van der Waals surface area contributed by atoms with Crippen LogP contribution in [0, 0.1) is 41.7 Å². The van der Waals surface area contributed by atoms with Crippen LogP contribution in [0.15, 0.2) is 0 Å². The van der Waals surface area contributed by atoms with Crippen LogP contribution in [0.3, 0.4) is 0 Å². The fourth-order valence-electron chi connectivity index (χ4n) is 0. The quantitative estimate of drug-likeness (QED) is 0.467. The van der Waals surface area contributed by atoms with E-state index >= 15 is 0 Å². The number of hydrogen-bond acceptors (Lipinski definition) is 0. The Kier molecular flexibility index (Phi) is 148. The van der Waals surface area contributed by atoms with E-state index in [1.807, 2.05) is 0 Å². The molecule has 23 valence electrons. The van der Waals surface area contributed by atoms with Crippen LogP contribution in [0.1, 0.15) is 0 Å². The number of hydrogen-bond donors (Lipinski definition) is 0. The SMILES string of the molecule is [Ce].[Fe].[K].[Mo].[Zr]. The molecule has 0 nitrogen and oxygen atoms in total. The van der Waals surface area contributed by atoms with Crippen molar-refractivity contribution in [1.82, 2.24) is 0 Å². The monoisotopic (exact) mass is 423 g/mol. The standard InChI is InChI=1S/Ce.Fe.K.Mo.Zr. The molecule has 0 bridgehead atoms. The van der Waals surface area contributed by atoms with Crippen molar-refractivity contribution < 1.29 is 106 Å². The van der Waals surface area contributed by atoms with Gasteiger partial charge in [0.2, 0.25) is 0 Å². The van der Waals surface area contributed by atoms with E-state index in [1.54, 1.807) is 0 Å². The van der Waals surface area contributed by atoms with Gasteiger partial charge in [-0.2, -0.15) is 0 Å². The summed E-state index contributed by atoms with van der Waals surface area (Å²) >= 11 is 0. The minimum Gasteiger partial charge on any atom is 0 e. The molecule has 0 aromatic carbocycles. The smallest absolute Gasteiger partial charge is 0 e. The first-order valence-corrected chi connectivity index (χ1v) is 0. The third-order valence-corrected chi connectivity index (χ3v) is 0. The van der Waals surface area contributed by atoms with E-state index in [9.17, 15) is 0 Å². The first-order valence-electron chi connectivity index (χ1n) is 0. The maximum atomic E-state index is 0. The summed E-state index contributed by atoms with van der Waals surface area (Å²) in [4.78, 5) is 0. The van der Waals surface area contributed by atoms with Crippen LogP contribution in [-0.2, 0) is 64.3 Å². The van der Waals surface area contributed by atoms with Crippen LogP contribution in [0.25, 0.3) is 0 Å². The van der Waals surface area contributed by atoms with Gasteiger partial charge < -0.3 is 0 Å². The maximum Gasteiger partial charge on any atom is 0 e. The van der Waals surface area contributed by atoms with Crippen molar-refractivity contribution >= 4 is 51.4 Å². The summed E-state index contributed by atoms with van der Waals surface area (Å²) in [6.07, 6.45) is 0. The first kappa shape index (κ1) is 32.1. The van der Waals surface area contributed by atoms with Crippen LogP contribution in [0.4, 0.5) is 0 Å². The molecule has 5 heavy (non-hydrogen) atoms. The minimum atomic E-state index is 0. The predicted octanol–water partition coefficient (Wildman–Crippen LogP) is -0.388. The molecule has 0 unspecified atom stereocenters. The molecule has 0 atom stereocenters. The molecular weight excluding hydrogens is 422 g/mol. The second-order valence-corrected chi connectivity index (χ2v) is 0. The van der Waals surface area contributed by atoms with Crippen molar-refractivity contribution in [3.8, 4) is 0 Å². The van der Waals surface area contributed by atoms with Gasteiger partial charge in [-0.3, -0.25) is 0 Å². The van der Waals surface area contributed by atoms with Crippen molar-refractivity contribution in [3.63, 3.8) is 0 Å². The average molecular weight is 422 g/mol. The van der Waals surface area contributed by atoms with Crippen LogP contribution in [0.2, 0.25) is 0 Å². The van der Waals surface area contributed by atoms with E-state index in [4.69, 9.17) is 0 Å². The van der Waals surface area contributed by atoms with Crippen molar-refractivity contribution in [2.75, 3.05) is 0 Å². The molecule has 0 rings (SSSR count). The van der Waals surface area contributed by atoms with Gasteiger partial charge in [-0.05, 0) is 0 Å². The van der Waals surface area contributed by atoms with Gasteiger partial charge in [-0.1, -0.05) is 0 Å². The molecule has 0 aliphatic heterocycles. The van der Waals surface area contributed by atoms with Crippen LogP contribution < -0.4 is 0 Å². The molecular formula is CeFeKMoZr. The van der Waals surface area contributed by atoms with Crippen LogP contribution in [0.5, 0.6) is 0 Å². The van der Waals surface area contributed by atoms with E-state index in [0.717, 1.165) is 0 Å². The Morgan fingerprint density at radius 2 is 1.00 bits per heavy atom. The Labute approximate surface area is 152 Å². The zero-order chi connectivity index (χ0) is 0. The molecule has 1 radical (unpaired) electrons. The van der Waals surface area contributed by atoms with E-state index in [-0.39, 0.29) is 157 Å². The van der Waals surface area contributed by atoms with Crippen molar-refractivity contribution in [3.05, 3.63) is 0 Å². The number of rotatable bonds is 0. The summed E-state index contributed by atoms with van der Waals surface area (Å²) < 4.78 is 0. The van der Waals surface area contributed by atoms with E-state index in [1.165, 1.54) is 0 Å². The first-order chi connectivity index (χ1) is 0. The Morgan fingerprint density at radius 1 is 1.00 bits per heavy atom. The molecule has 0 amide bonds. The average Bonchev–Trinajstić information content (AvgIpc) is 0. The molecule has 5 heteroatoms. The van der Waals surface area contributed by atoms with E-state index in [2.05, 4.69) is 0 Å². The summed E-state index contributed by atoms with van der Waals surface area (Å²) in [6, 6.07) is 0.